The third-order valence-electron chi connectivity index (χ3n) is 3.82. The number of aryl methyl sites for hydroxylation is 2. The first-order valence-corrected chi connectivity index (χ1v) is 8.26. The Morgan fingerprint density at radius 3 is 2.58 bits per heavy atom. The Labute approximate surface area is 142 Å². The fourth-order valence-corrected chi connectivity index (χ4v) is 2.43. The van der Waals surface area contributed by atoms with Gasteiger partial charge in [0, 0.05) is 18.5 Å². The first-order valence-electron chi connectivity index (χ1n) is 8.26. The Kier molecular flexibility index (Phi) is 5.59. The van der Waals surface area contributed by atoms with Crippen molar-refractivity contribution < 1.29 is 9.59 Å². The number of amides is 2. The van der Waals surface area contributed by atoms with E-state index < -0.39 is 5.41 Å². The van der Waals surface area contributed by atoms with E-state index in [1.807, 2.05) is 45.9 Å². The topological polar surface area (TPSA) is 76.0 Å². The number of rotatable bonds is 6. The third-order valence-corrected chi connectivity index (χ3v) is 3.82. The van der Waals surface area contributed by atoms with Crippen LogP contribution in [0.1, 0.15) is 33.0 Å². The van der Waals surface area contributed by atoms with Crippen molar-refractivity contribution >= 4 is 22.8 Å². The Morgan fingerprint density at radius 2 is 1.88 bits per heavy atom. The molecule has 2 amide bonds. The molecule has 1 heterocycles. The molecule has 2 rings (SSSR count). The van der Waals surface area contributed by atoms with Crippen LogP contribution < -0.4 is 10.6 Å². The number of benzene rings is 1. The van der Waals surface area contributed by atoms with E-state index in [-0.39, 0.29) is 18.4 Å². The largest absolute Gasteiger partial charge is 0.355 e. The second kappa shape index (κ2) is 7.47. The van der Waals surface area contributed by atoms with E-state index in [0.29, 0.717) is 6.54 Å². The monoisotopic (exact) mass is 330 g/mol. The minimum atomic E-state index is -0.486. The van der Waals surface area contributed by atoms with Gasteiger partial charge in [0.15, 0.2) is 0 Å². The number of fused-ring (bicyclic) bond motifs is 1. The molecule has 0 unspecified atom stereocenters. The number of para-hydroxylation sites is 2. The highest BCUT2D eigenvalue weighted by Gasteiger charge is 2.21. The average Bonchev–Trinajstić information content (AvgIpc) is 2.83. The van der Waals surface area contributed by atoms with E-state index in [1.165, 1.54) is 0 Å². The van der Waals surface area contributed by atoms with Gasteiger partial charge in [-0.2, -0.15) is 0 Å². The van der Waals surface area contributed by atoms with Gasteiger partial charge in [-0.3, -0.25) is 9.59 Å². The molecule has 1 aromatic carbocycles. The number of hydrogen-bond donors (Lipinski definition) is 2. The molecular formula is C18H26N4O2. The normalized spacial score (nSPS) is 11.5. The van der Waals surface area contributed by atoms with Crippen LogP contribution in [0.3, 0.4) is 0 Å². The maximum Gasteiger partial charge on any atom is 0.239 e. The summed E-state index contributed by atoms with van der Waals surface area (Å²) in [5.74, 6) is 0.679. The van der Waals surface area contributed by atoms with Crippen LogP contribution in [0, 0.1) is 12.3 Å². The summed E-state index contributed by atoms with van der Waals surface area (Å²) in [6.07, 6.45) is 0.806. The van der Waals surface area contributed by atoms with E-state index >= 15 is 0 Å². The van der Waals surface area contributed by atoms with E-state index in [4.69, 9.17) is 0 Å². The summed E-state index contributed by atoms with van der Waals surface area (Å²) in [6, 6.07) is 8.03. The lowest BCUT2D eigenvalue weighted by atomic mass is 9.96. The summed E-state index contributed by atoms with van der Waals surface area (Å²) >= 11 is 0. The lowest BCUT2D eigenvalue weighted by Gasteiger charge is -2.17. The maximum absolute atomic E-state index is 11.8. The lowest BCUT2D eigenvalue weighted by Crippen LogP contribution is -2.42. The van der Waals surface area contributed by atoms with Gasteiger partial charge in [-0.15, -0.1) is 0 Å². The van der Waals surface area contributed by atoms with Crippen LogP contribution >= 0.6 is 0 Å². The highest BCUT2D eigenvalue weighted by molar-refractivity contribution is 5.87. The summed E-state index contributed by atoms with van der Waals surface area (Å²) in [5, 5.41) is 5.48. The predicted octanol–water partition coefficient (Wildman–Crippen LogP) is 2.01. The molecule has 6 heteroatoms. The maximum atomic E-state index is 11.8. The highest BCUT2D eigenvalue weighted by atomic mass is 16.2. The molecule has 0 saturated carbocycles. The Bertz CT molecular complexity index is 728. The molecule has 0 saturated heterocycles. The van der Waals surface area contributed by atoms with Crippen LogP contribution in [-0.4, -0.2) is 34.5 Å². The Morgan fingerprint density at radius 1 is 1.17 bits per heavy atom. The summed E-state index contributed by atoms with van der Waals surface area (Å²) in [4.78, 5) is 28.0. The fourth-order valence-electron chi connectivity index (χ4n) is 2.43. The number of nitrogens with zero attached hydrogens (tertiary/aromatic N) is 2. The molecule has 0 aliphatic heterocycles. The number of carbonyl (C=O) groups excluding carboxylic acids is 2. The van der Waals surface area contributed by atoms with Gasteiger partial charge < -0.3 is 15.2 Å². The summed E-state index contributed by atoms with van der Waals surface area (Å²) in [5.41, 5.74) is 1.61. The van der Waals surface area contributed by atoms with E-state index in [1.54, 1.807) is 0 Å². The lowest BCUT2D eigenvalue weighted by molar-refractivity contribution is -0.131. The predicted molar refractivity (Wildman–Crippen MR) is 94.6 cm³/mol. The van der Waals surface area contributed by atoms with Crippen molar-refractivity contribution in [2.45, 2.75) is 40.7 Å². The van der Waals surface area contributed by atoms with Crippen LogP contribution in [0.4, 0.5) is 0 Å². The van der Waals surface area contributed by atoms with Gasteiger partial charge in [-0.25, -0.2) is 4.98 Å². The van der Waals surface area contributed by atoms with Crippen molar-refractivity contribution in [3.05, 3.63) is 30.1 Å². The van der Waals surface area contributed by atoms with Crippen molar-refractivity contribution in [2.75, 3.05) is 13.1 Å². The Balaban J connectivity index is 1.75. The average molecular weight is 330 g/mol. The van der Waals surface area contributed by atoms with E-state index in [0.717, 1.165) is 29.8 Å². The van der Waals surface area contributed by atoms with Crippen molar-refractivity contribution in [3.8, 4) is 0 Å². The molecule has 0 atom stereocenters. The molecule has 0 fully saturated rings. The van der Waals surface area contributed by atoms with Crippen molar-refractivity contribution in [2.24, 2.45) is 5.41 Å². The summed E-state index contributed by atoms with van der Waals surface area (Å²) in [6.45, 7) is 8.81. The number of hydrogen-bond acceptors (Lipinski definition) is 3. The van der Waals surface area contributed by atoms with Gasteiger partial charge >= 0.3 is 0 Å². The minimum absolute atomic E-state index is 0.0170. The standard InChI is InChI=1S/C18H26N4O2/c1-13-21-14-8-5-6-9-15(14)22(13)11-7-10-19-16(23)12-20-17(24)18(2,3)4/h5-6,8-9H,7,10-12H2,1-4H3,(H,19,23)(H,20,24). The molecular weight excluding hydrogens is 304 g/mol. The zero-order valence-electron chi connectivity index (χ0n) is 14.8. The number of aromatic nitrogens is 2. The van der Waals surface area contributed by atoms with Crippen LogP contribution in [0.15, 0.2) is 24.3 Å². The van der Waals surface area contributed by atoms with Crippen LogP contribution in [0.25, 0.3) is 11.0 Å². The van der Waals surface area contributed by atoms with E-state index in [9.17, 15) is 9.59 Å². The van der Waals surface area contributed by atoms with Gasteiger partial charge in [-0.05, 0) is 25.5 Å². The van der Waals surface area contributed by atoms with Crippen molar-refractivity contribution in [3.63, 3.8) is 0 Å². The first-order chi connectivity index (χ1) is 11.3. The second-order valence-corrected chi connectivity index (χ2v) is 6.94. The summed E-state index contributed by atoms with van der Waals surface area (Å²) in [7, 11) is 0. The van der Waals surface area contributed by atoms with Gasteiger partial charge in [0.05, 0.1) is 17.6 Å². The third kappa shape index (κ3) is 4.57. The molecule has 2 aromatic rings. The molecule has 0 aliphatic rings. The Hall–Kier alpha value is -2.37. The zero-order valence-corrected chi connectivity index (χ0v) is 14.8. The van der Waals surface area contributed by atoms with E-state index in [2.05, 4.69) is 26.3 Å². The van der Waals surface area contributed by atoms with Gasteiger partial charge in [0.1, 0.15) is 5.82 Å². The zero-order chi connectivity index (χ0) is 17.7. The molecule has 2 N–H and O–H groups in total. The summed E-state index contributed by atoms with van der Waals surface area (Å²) < 4.78 is 2.16. The van der Waals surface area contributed by atoms with Crippen LogP contribution in [0.5, 0.6) is 0 Å². The quantitative estimate of drug-likeness (QED) is 0.796. The molecule has 6 nitrogen and oxygen atoms in total. The SMILES string of the molecule is Cc1nc2ccccc2n1CCCNC(=O)CNC(=O)C(C)(C)C. The van der Waals surface area contributed by atoms with Gasteiger partial charge in [0.2, 0.25) is 11.8 Å². The highest BCUT2D eigenvalue weighted by Crippen LogP contribution is 2.15. The molecule has 0 bridgehead atoms. The fraction of sp³-hybridized carbons (Fsp3) is 0.500. The molecule has 1 aromatic heterocycles. The van der Waals surface area contributed by atoms with Crippen molar-refractivity contribution in [1.82, 2.24) is 20.2 Å². The molecule has 0 spiro atoms. The molecule has 0 radical (unpaired) electrons. The minimum Gasteiger partial charge on any atom is -0.355 e. The number of nitrogens with one attached hydrogen (secondary N) is 2. The van der Waals surface area contributed by atoms with Crippen LogP contribution in [0.2, 0.25) is 0 Å². The van der Waals surface area contributed by atoms with Gasteiger partial charge in [0.25, 0.3) is 0 Å². The van der Waals surface area contributed by atoms with Crippen molar-refractivity contribution in [1.29, 1.82) is 0 Å². The number of imidazole rings is 1. The molecule has 24 heavy (non-hydrogen) atoms. The number of carbonyl (C=O) groups is 2. The van der Waals surface area contributed by atoms with Crippen LogP contribution in [-0.2, 0) is 16.1 Å². The smallest absolute Gasteiger partial charge is 0.239 e. The molecule has 0 aliphatic carbocycles. The van der Waals surface area contributed by atoms with Gasteiger partial charge in [-0.1, -0.05) is 32.9 Å². The molecule has 130 valence electrons. The second-order valence-electron chi connectivity index (χ2n) is 6.94. The first kappa shape index (κ1) is 18.0.